The number of amides is 1. The third kappa shape index (κ3) is 3.71. The quantitative estimate of drug-likeness (QED) is 0.713. The SMILES string of the molecule is Cc1nn(CC(=O)N2CCN(C)C(Cc3ccccc3)C2)c2ncccc12. The highest BCUT2D eigenvalue weighted by Gasteiger charge is 2.28. The zero-order chi connectivity index (χ0) is 18.8. The predicted molar refractivity (Wildman–Crippen MR) is 105 cm³/mol. The number of hydrogen-bond acceptors (Lipinski definition) is 4. The molecule has 1 aliphatic rings. The lowest BCUT2D eigenvalue weighted by molar-refractivity contribution is -0.134. The van der Waals surface area contributed by atoms with Gasteiger partial charge in [0.25, 0.3) is 0 Å². The van der Waals surface area contributed by atoms with Crippen LogP contribution in [0.2, 0.25) is 0 Å². The minimum atomic E-state index is 0.108. The molecule has 3 aromatic rings. The van der Waals surface area contributed by atoms with E-state index >= 15 is 0 Å². The van der Waals surface area contributed by atoms with E-state index in [2.05, 4.69) is 46.3 Å². The molecule has 1 aliphatic heterocycles. The zero-order valence-corrected chi connectivity index (χ0v) is 15.9. The second-order valence-electron chi connectivity index (χ2n) is 7.28. The Hall–Kier alpha value is -2.73. The van der Waals surface area contributed by atoms with Crippen LogP contribution in [0.25, 0.3) is 11.0 Å². The highest BCUT2D eigenvalue weighted by molar-refractivity contribution is 5.81. The molecule has 0 N–H and O–H groups in total. The molecule has 3 heterocycles. The number of piperazine rings is 1. The van der Waals surface area contributed by atoms with Gasteiger partial charge in [-0.05, 0) is 38.1 Å². The molecule has 1 fully saturated rings. The average Bonchev–Trinajstić information content (AvgIpc) is 3.00. The maximum Gasteiger partial charge on any atom is 0.244 e. The Bertz CT molecular complexity index is 936. The fraction of sp³-hybridized carbons (Fsp3) is 0.381. The number of benzene rings is 1. The summed E-state index contributed by atoms with van der Waals surface area (Å²) in [7, 11) is 2.14. The molecule has 0 saturated carbocycles. The lowest BCUT2D eigenvalue weighted by Gasteiger charge is -2.39. The zero-order valence-electron chi connectivity index (χ0n) is 15.9. The molecule has 1 amide bonds. The summed E-state index contributed by atoms with van der Waals surface area (Å²) >= 11 is 0. The molecule has 6 heteroatoms. The van der Waals surface area contributed by atoms with Crippen molar-refractivity contribution >= 4 is 16.9 Å². The van der Waals surface area contributed by atoms with Gasteiger partial charge in [-0.15, -0.1) is 0 Å². The molecule has 1 aromatic carbocycles. The van der Waals surface area contributed by atoms with Gasteiger partial charge in [0.2, 0.25) is 5.91 Å². The molecule has 140 valence electrons. The van der Waals surface area contributed by atoms with Crippen LogP contribution in [0, 0.1) is 6.92 Å². The third-order valence-corrected chi connectivity index (χ3v) is 5.42. The fourth-order valence-electron chi connectivity index (χ4n) is 3.78. The summed E-state index contributed by atoms with van der Waals surface area (Å²) in [5.41, 5.74) is 2.99. The monoisotopic (exact) mass is 363 g/mol. The summed E-state index contributed by atoms with van der Waals surface area (Å²) < 4.78 is 1.73. The first-order valence-electron chi connectivity index (χ1n) is 9.42. The normalized spacial score (nSPS) is 18.1. The van der Waals surface area contributed by atoms with E-state index in [9.17, 15) is 4.79 Å². The van der Waals surface area contributed by atoms with E-state index in [1.165, 1.54) is 5.56 Å². The predicted octanol–water partition coefficient (Wildman–Crippen LogP) is 2.13. The smallest absolute Gasteiger partial charge is 0.244 e. The van der Waals surface area contributed by atoms with Crippen molar-refractivity contribution in [1.82, 2.24) is 24.6 Å². The molecule has 0 radical (unpaired) electrons. The summed E-state index contributed by atoms with van der Waals surface area (Å²) in [6.45, 7) is 4.59. The Balaban J connectivity index is 1.46. The number of aryl methyl sites for hydroxylation is 1. The number of carbonyl (C=O) groups is 1. The molecule has 0 bridgehead atoms. The summed E-state index contributed by atoms with van der Waals surface area (Å²) in [6, 6.07) is 14.7. The number of rotatable bonds is 4. The van der Waals surface area contributed by atoms with E-state index in [0.717, 1.165) is 42.8 Å². The first-order valence-corrected chi connectivity index (χ1v) is 9.42. The minimum absolute atomic E-state index is 0.108. The Morgan fingerprint density at radius 1 is 1.15 bits per heavy atom. The standard InChI is InChI=1S/C21H25N5O/c1-16-19-9-6-10-22-21(19)26(23-16)15-20(27)25-12-11-24(2)18(14-25)13-17-7-4-3-5-8-17/h3-10,18H,11-15H2,1-2H3. The largest absolute Gasteiger partial charge is 0.338 e. The molecule has 1 saturated heterocycles. The lowest BCUT2D eigenvalue weighted by atomic mass is 10.0. The maximum atomic E-state index is 12.9. The first kappa shape index (κ1) is 17.7. The number of aromatic nitrogens is 3. The third-order valence-electron chi connectivity index (χ3n) is 5.42. The van der Waals surface area contributed by atoms with Gasteiger partial charge in [0.05, 0.1) is 5.69 Å². The van der Waals surface area contributed by atoms with Gasteiger partial charge >= 0.3 is 0 Å². The Labute approximate surface area is 159 Å². The Morgan fingerprint density at radius 3 is 2.78 bits per heavy atom. The molecule has 4 rings (SSSR count). The summed E-state index contributed by atoms with van der Waals surface area (Å²) in [4.78, 5) is 21.7. The molecule has 1 atom stereocenters. The van der Waals surface area contributed by atoms with Crippen LogP contribution in [0.15, 0.2) is 48.7 Å². The van der Waals surface area contributed by atoms with Crippen molar-refractivity contribution in [3.8, 4) is 0 Å². The molecule has 0 spiro atoms. The van der Waals surface area contributed by atoms with Gasteiger partial charge in [-0.25, -0.2) is 9.67 Å². The van der Waals surface area contributed by atoms with Crippen molar-refractivity contribution in [3.05, 3.63) is 59.9 Å². The minimum Gasteiger partial charge on any atom is -0.338 e. The molecule has 2 aromatic heterocycles. The average molecular weight is 363 g/mol. The molecular weight excluding hydrogens is 338 g/mol. The van der Waals surface area contributed by atoms with Gasteiger partial charge in [-0.2, -0.15) is 5.10 Å². The Kier molecular flexibility index (Phi) is 4.90. The summed E-state index contributed by atoms with van der Waals surface area (Å²) in [5.74, 6) is 0.108. The lowest BCUT2D eigenvalue weighted by Crippen LogP contribution is -2.54. The number of carbonyl (C=O) groups excluding carboxylic acids is 1. The van der Waals surface area contributed by atoms with E-state index < -0.39 is 0 Å². The second-order valence-corrected chi connectivity index (χ2v) is 7.28. The molecule has 6 nitrogen and oxygen atoms in total. The van der Waals surface area contributed by atoms with Gasteiger partial charge in [-0.1, -0.05) is 30.3 Å². The van der Waals surface area contributed by atoms with Crippen LogP contribution in [0.1, 0.15) is 11.3 Å². The van der Waals surface area contributed by atoms with Crippen LogP contribution in [-0.4, -0.2) is 63.2 Å². The maximum absolute atomic E-state index is 12.9. The van der Waals surface area contributed by atoms with Gasteiger partial charge in [0.1, 0.15) is 6.54 Å². The van der Waals surface area contributed by atoms with Crippen LogP contribution in [-0.2, 0) is 17.8 Å². The van der Waals surface area contributed by atoms with Crippen LogP contribution in [0.5, 0.6) is 0 Å². The Morgan fingerprint density at radius 2 is 1.96 bits per heavy atom. The number of nitrogens with zero attached hydrogens (tertiary/aromatic N) is 5. The van der Waals surface area contributed by atoms with Gasteiger partial charge in [0, 0.05) is 37.3 Å². The van der Waals surface area contributed by atoms with E-state index in [-0.39, 0.29) is 12.5 Å². The molecular formula is C21H25N5O. The van der Waals surface area contributed by atoms with Crippen molar-refractivity contribution in [1.29, 1.82) is 0 Å². The summed E-state index contributed by atoms with van der Waals surface area (Å²) in [6.07, 6.45) is 2.70. The number of hydrogen-bond donors (Lipinski definition) is 0. The van der Waals surface area contributed by atoms with Crippen molar-refractivity contribution in [2.75, 3.05) is 26.7 Å². The van der Waals surface area contributed by atoms with Crippen molar-refractivity contribution < 1.29 is 4.79 Å². The second kappa shape index (κ2) is 7.48. The van der Waals surface area contributed by atoms with Gasteiger partial charge in [0.15, 0.2) is 5.65 Å². The van der Waals surface area contributed by atoms with Crippen molar-refractivity contribution in [3.63, 3.8) is 0 Å². The van der Waals surface area contributed by atoms with Crippen molar-refractivity contribution in [2.45, 2.75) is 25.9 Å². The van der Waals surface area contributed by atoms with Crippen LogP contribution < -0.4 is 0 Å². The van der Waals surface area contributed by atoms with Crippen LogP contribution in [0.4, 0.5) is 0 Å². The number of pyridine rings is 1. The molecule has 1 unspecified atom stereocenters. The topological polar surface area (TPSA) is 54.3 Å². The fourth-order valence-corrected chi connectivity index (χ4v) is 3.78. The number of likely N-dealkylation sites (N-methyl/N-ethyl adjacent to an activating group) is 1. The van der Waals surface area contributed by atoms with Crippen molar-refractivity contribution in [2.24, 2.45) is 0 Å². The van der Waals surface area contributed by atoms with E-state index in [0.29, 0.717) is 6.04 Å². The number of fused-ring (bicyclic) bond motifs is 1. The highest BCUT2D eigenvalue weighted by atomic mass is 16.2. The van der Waals surface area contributed by atoms with E-state index in [4.69, 9.17) is 0 Å². The van der Waals surface area contributed by atoms with Gasteiger partial charge < -0.3 is 4.90 Å². The van der Waals surface area contributed by atoms with E-state index in [1.807, 2.05) is 30.0 Å². The summed E-state index contributed by atoms with van der Waals surface area (Å²) in [5, 5.41) is 5.53. The van der Waals surface area contributed by atoms with Gasteiger partial charge in [-0.3, -0.25) is 9.69 Å². The highest BCUT2D eigenvalue weighted by Crippen LogP contribution is 2.17. The van der Waals surface area contributed by atoms with E-state index in [1.54, 1.807) is 10.9 Å². The van der Waals surface area contributed by atoms with Crippen LogP contribution >= 0.6 is 0 Å². The first-order chi connectivity index (χ1) is 13.1. The van der Waals surface area contributed by atoms with Crippen LogP contribution in [0.3, 0.4) is 0 Å². The molecule has 27 heavy (non-hydrogen) atoms. The molecule has 0 aliphatic carbocycles.